The van der Waals surface area contributed by atoms with Gasteiger partial charge in [-0.05, 0) is 49.3 Å². The molecule has 1 fully saturated rings. The molecular weight excluding hydrogens is 254 g/mol. The van der Waals surface area contributed by atoms with E-state index in [1.54, 1.807) is 25.3 Å². The van der Waals surface area contributed by atoms with Gasteiger partial charge in [0.2, 0.25) is 0 Å². The van der Waals surface area contributed by atoms with Crippen LogP contribution in [0.5, 0.6) is 5.75 Å². The minimum atomic E-state index is -0.300. The summed E-state index contributed by atoms with van der Waals surface area (Å²) in [4.78, 5) is 12.2. The first-order valence-corrected chi connectivity index (χ1v) is 7.14. The zero-order chi connectivity index (χ0) is 14.7. The largest absolute Gasteiger partial charge is 0.495 e. The summed E-state index contributed by atoms with van der Waals surface area (Å²) in [5, 5.41) is 0. The Morgan fingerprint density at radius 1 is 1.20 bits per heavy atom. The third-order valence-corrected chi connectivity index (χ3v) is 3.87. The van der Waals surface area contributed by atoms with E-state index in [2.05, 4.69) is 13.8 Å². The lowest BCUT2D eigenvalue weighted by atomic mass is 9.82. The van der Waals surface area contributed by atoms with E-state index in [1.807, 2.05) is 0 Å². The lowest BCUT2D eigenvalue weighted by Crippen LogP contribution is -2.28. The van der Waals surface area contributed by atoms with Crippen molar-refractivity contribution >= 4 is 11.7 Å². The molecule has 4 nitrogen and oxygen atoms in total. The van der Waals surface area contributed by atoms with Crippen LogP contribution in [-0.4, -0.2) is 19.2 Å². The molecule has 1 aromatic carbocycles. The van der Waals surface area contributed by atoms with E-state index in [9.17, 15) is 4.79 Å². The minimum Gasteiger partial charge on any atom is -0.495 e. The lowest BCUT2D eigenvalue weighted by molar-refractivity contribution is 0.00806. The highest BCUT2D eigenvalue weighted by Crippen LogP contribution is 2.31. The van der Waals surface area contributed by atoms with Crippen LogP contribution in [0.1, 0.15) is 43.5 Å². The Bertz CT molecular complexity index is 477. The van der Waals surface area contributed by atoms with Gasteiger partial charge in [0.25, 0.3) is 0 Å². The molecule has 110 valence electrons. The normalized spacial score (nSPS) is 26.1. The summed E-state index contributed by atoms with van der Waals surface area (Å²) in [6.07, 6.45) is 3.12. The Morgan fingerprint density at radius 2 is 1.85 bits per heavy atom. The van der Waals surface area contributed by atoms with Gasteiger partial charge >= 0.3 is 5.97 Å². The van der Waals surface area contributed by atoms with Crippen LogP contribution in [0, 0.1) is 11.8 Å². The molecule has 2 rings (SSSR count). The van der Waals surface area contributed by atoms with Crippen LogP contribution in [0.4, 0.5) is 5.69 Å². The number of benzene rings is 1. The fourth-order valence-corrected chi connectivity index (χ4v) is 3.05. The van der Waals surface area contributed by atoms with Crippen LogP contribution in [0.3, 0.4) is 0 Å². The molecule has 0 amide bonds. The molecule has 0 heterocycles. The fraction of sp³-hybridized carbons (Fsp3) is 0.562. The minimum absolute atomic E-state index is 0.0181. The highest BCUT2D eigenvalue weighted by atomic mass is 16.5. The van der Waals surface area contributed by atoms with Gasteiger partial charge in [-0.2, -0.15) is 0 Å². The van der Waals surface area contributed by atoms with Gasteiger partial charge in [0.05, 0.1) is 18.4 Å². The summed E-state index contributed by atoms with van der Waals surface area (Å²) in [6, 6.07) is 4.99. The van der Waals surface area contributed by atoms with Crippen molar-refractivity contribution < 1.29 is 14.3 Å². The molecule has 2 unspecified atom stereocenters. The van der Waals surface area contributed by atoms with Gasteiger partial charge in [0.1, 0.15) is 11.9 Å². The Morgan fingerprint density at radius 3 is 2.40 bits per heavy atom. The van der Waals surface area contributed by atoms with Gasteiger partial charge < -0.3 is 15.2 Å². The van der Waals surface area contributed by atoms with Gasteiger partial charge in [-0.1, -0.05) is 13.8 Å². The number of anilines is 1. The molecule has 0 aromatic heterocycles. The zero-order valence-corrected chi connectivity index (χ0v) is 12.4. The molecule has 2 atom stereocenters. The molecular formula is C16H23NO3. The van der Waals surface area contributed by atoms with E-state index in [0.717, 1.165) is 12.8 Å². The van der Waals surface area contributed by atoms with Crippen molar-refractivity contribution in [2.24, 2.45) is 11.8 Å². The topological polar surface area (TPSA) is 61.5 Å². The second-order valence-electron chi connectivity index (χ2n) is 5.90. The maximum Gasteiger partial charge on any atom is 0.338 e. The number of carbonyl (C=O) groups excluding carboxylic acids is 1. The second-order valence-corrected chi connectivity index (χ2v) is 5.90. The number of hydrogen-bond acceptors (Lipinski definition) is 4. The summed E-state index contributed by atoms with van der Waals surface area (Å²) in [6.45, 7) is 4.42. The SMILES string of the molecule is COc1ccc(C(=O)OC2CC(C)CC(C)C2)cc1N. The molecule has 0 spiro atoms. The van der Waals surface area contributed by atoms with E-state index >= 15 is 0 Å². The van der Waals surface area contributed by atoms with Gasteiger partial charge in [-0.25, -0.2) is 4.79 Å². The average molecular weight is 277 g/mol. The van der Waals surface area contributed by atoms with Crippen molar-refractivity contribution in [2.45, 2.75) is 39.2 Å². The smallest absolute Gasteiger partial charge is 0.338 e. The van der Waals surface area contributed by atoms with Gasteiger partial charge in [-0.3, -0.25) is 0 Å². The summed E-state index contributed by atoms with van der Waals surface area (Å²) >= 11 is 0. The third-order valence-electron chi connectivity index (χ3n) is 3.87. The van der Waals surface area contributed by atoms with E-state index in [1.165, 1.54) is 6.42 Å². The molecule has 20 heavy (non-hydrogen) atoms. The molecule has 1 saturated carbocycles. The summed E-state index contributed by atoms with van der Waals surface area (Å²) < 4.78 is 10.7. The van der Waals surface area contributed by atoms with Crippen LogP contribution < -0.4 is 10.5 Å². The standard InChI is InChI=1S/C16H23NO3/c1-10-6-11(2)8-13(7-10)20-16(18)12-4-5-15(19-3)14(17)9-12/h4-5,9-11,13H,6-8,17H2,1-3H3. The number of methoxy groups -OCH3 is 1. The summed E-state index contributed by atoms with van der Waals surface area (Å²) in [7, 11) is 1.55. The van der Waals surface area contributed by atoms with Crippen LogP contribution in [0.15, 0.2) is 18.2 Å². The predicted molar refractivity (Wildman–Crippen MR) is 78.8 cm³/mol. The van der Waals surface area contributed by atoms with Gasteiger partial charge in [0, 0.05) is 0 Å². The second kappa shape index (κ2) is 6.16. The molecule has 4 heteroatoms. The Balaban J connectivity index is 2.02. The Kier molecular flexibility index (Phi) is 4.53. The first kappa shape index (κ1) is 14.7. The van der Waals surface area contributed by atoms with Crippen LogP contribution in [0.25, 0.3) is 0 Å². The Labute approximate surface area is 120 Å². The van der Waals surface area contributed by atoms with E-state index in [-0.39, 0.29) is 12.1 Å². The van der Waals surface area contributed by atoms with Crippen LogP contribution >= 0.6 is 0 Å². The highest BCUT2D eigenvalue weighted by Gasteiger charge is 2.27. The number of esters is 1. The quantitative estimate of drug-likeness (QED) is 0.680. The number of hydrogen-bond donors (Lipinski definition) is 1. The molecule has 0 bridgehead atoms. The van der Waals surface area contributed by atoms with Gasteiger partial charge in [0.15, 0.2) is 0 Å². The molecule has 0 aliphatic heterocycles. The van der Waals surface area contributed by atoms with Crippen LogP contribution in [0.2, 0.25) is 0 Å². The first-order chi connectivity index (χ1) is 9.49. The lowest BCUT2D eigenvalue weighted by Gasteiger charge is -2.31. The number of nitrogens with two attached hydrogens (primary N) is 1. The van der Waals surface area contributed by atoms with E-state index in [4.69, 9.17) is 15.2 Å². The van der Waals surface area contributed by atoms with Crippen molar-refractivity contribution in [2.75, 3.05) is 12.8 Å². The number of nitrogen functional groups attached to an aromatic ring is 1. The van der Waals surface area contributed by atoms with Crippen LogP contribution in [-0.2, 0) is 4.74 Å². The maximum absolute atomic E-state index is 12.2. The monoisotopic (exact) mass is 277 g/mol. The number of ether oxygens (including phenoxy) is 2. The van der Waals surface area contributed by atoms with Crippen molar-refractivity contribution in [3.05, 3.63) is 23.8 Å². The molecule has 2 N–H and O–H groups in total. The van der Waals surface area contributed by atoms with E-state index in [0.29, 0.717) is 28.8 Å². The van der Waals surface area contributed by atoms with Crippen molar-refractivity contribution in [3.8, 4) is 5.75 Å². The van der Waals surface area contributed by atoms with Crippen molar-refractivity contribution in [3.63, 3.8) is 0 Å². The number of rotatable bonds is 3. The highest BCUT2D eigenvalue weighted by molar-refractivity contribution is 5.91. The number of carbonyl (C=O) groups is 1. The third kappa shape index (κ3) is 3.44. The van der Waals surface area contributed by atoms with Gasteiger partial charge in [-0.15, -0.1) is 0 Å². The molecule has 1 aliphatic rings. The average Bonchev–Trinajstić information content (AvgIpc) is 2.37. The molecule has 1 aromatic rings. The van der Waals surface area contributed by atoms with Crippen molar-refractivity contribution in [1.29, 1.82) is 0 Å². The predicted octanol–water partition coefficient (Wildman–Crippen LogP) is 3.26. The van der Waals surface area contributed by atoms with E-state index < -0.39 is 0 Å². The zero-order valence-electron chi connectivity index (χ0n) is 12.4. The Hall–Kier alpha value is -1.71. The molecule has 0 saturated heterocycles. The van der Waals surface area contributed by atoms with Crippen molar-refractivity contribution in [1.82, 2.24) is 0 Å². The maximum atomic E-state index is 12.2. The first-order valence-electron chi connectivity index (χ1n) is 7.14. The summed E-state index contributed by atoms with van der Waals surface area (Å²) in [5.74, 6) is 1.49. The molecule has 1 aliphatic carbocycles. The summed E-state index contributed by atoms with van der Waals surface area (Å²) in [5.41, 5.74) is 6.75. The molecule has 0 radical (unpaired) electrons. The fourth-order valence-electron chi connectivity index (χ4n) is 3.05.